The number of hydrogen-bond donors (Lipinski definition) is 0. The highest BCUT2D eigenvalue weighted by molar-refractivity contribution is 5.82. The van der Waals surface area contributed by atoms with Gasteiger partial charge in [0.1, 0.15) is 12.4 Å². The van der Waals surface area contributed by atoms with Crippen molar-refractivity contribution in [1.82, 2.24) is 0 Å². The highest BCUT2D eigenvalue weighted by atomic mass is 19.2. The number of rotatable bonds is 5. The molecular weight excluding hydrogens is 264 g/mol. The average Bonchev–Trinajstić information content (AvgIpc) is 2.47. The highest BCUT2D eigenvalue weighted by Crippen LogP contribution is 2.15. The molecule has 0 unspecified atom stereocenters. The molecule has 0 atom stereocenters. The third-order valence-electron chi connectivity index (χ3n) is 2.62. The van der Waals surface area contributed by atoms with Crippen molar-refractivity contribution in [3.05, 3.63) is 65.2 Å². The fraction of sp³-hybridized carbons (Fsp3) is 0.133. The van der Waals surface area contributed by atoms with E-state index in [2.05, 4.69) is 5.16 Å². The van der Waals surface area contributed by atoms with E-state index in [0.29, 0.717) is 11.3 Å². The first-order valence-corrected chi connectivity index (χ1v) is 5.93. The van der Waals surface area contributed by atoms with E-state index in [1.165, 1.54) is 12.3 Å². The van der Waals surface area contributed by atoms with E-state index in [1.807, 2.05) is 18.2 Å². The summed E-state index contributed by atoms with van der Waals surface area (Å²) >= 11 is 0. The monoisotopic (exact) mass is 277 g/mol. The van der Waals surface area contributed by atoms with Crippen LogP contribution in [0.5, 0.6) is 5.75 Å². The molecule has 0 aromatic heterocycles. The van der Waals surface area contributed by atoms with Crippen LogP contribution in [0.1, 0.15) is 11.1 Å². The summed E-state index contributed by atoms with van der Waals surface area (Å²) in [6, 6.07) is 10.9. The maximum atomic E-state index is 13.0. The Morgan fingerprint density at radius 2 is 1.90 bits per heavy atom. The minimum Gasteiger partial charge on any atom is -0.496 e. The first-order chi connectivity index (χ1) is 9.70. The molecule has 3 nitrogen and oxygen atoms in total. The van der Waals surface area contributed by atoms with Gasteiger partial charge in [-0.05, 0) is 29.8 Å². The number of para-hydroxylation sites is 1. The van der Waals surface area contributed by atoms with Gasteiger partial charge in [0.15, 0.2) is 11.6 Å². The molecule has 0 bridgehead atoms. The van der Waals surface area contributed by atoms with Gasteiger partial charge in [-0.15, -0.1) is 0 Å². The van der Waals surface area contributed by atoms with Crippen LogP contribution in [0, 0.1) is 11.6 Å². The second-order valence-electron chi connectivity index (χ2n) is 4.00. The zero-order chi connectivity index (χ0) is 14.4. The third-order valence-corrected chi connectivity index (χ3v) is 2.62. The van der Waals surface area contributed by atoms with Crippen LogP contribution < -0.4 is 4.74 Å². The Hall–Kier alpha value is -2.43. The minimum absolute atomic E-state index is 0.0584. The number of halogens is 2. The van der Waals surface area contributed by atoms with E-state index >= 15 is 0 Å². The lowest BCUT2D eigenvalue weighted by atomic mass is 10.2. The smallest absolute Gasteiger partial charge is 0.159 e. The summed E-state index contributed by atoms with van der Waals surface area (Å²) < 4.78 is 30.9. The molecule has 0 fully saturated rings. The van der Waals surface area contributed by atoms with Gasteiger partial charge in [0.05, 0.1) is 13.3 Å². The molecule has 0 aliphatic carbocycles. The number of hydrogen-bond acceptors (Lipinski definition) is 3. The second-order valence-corrected chi connectivity index (χ2v) is 4.00. The van der Waals surface area contributed by atoms with Crippen LogP contribution in [0.25, 0.3) is 0 Å². The first kappa shape index (κ1) is 14.0. The van der Waals surface area contributed by atoms with E-state index in [0.717, 1.165) is 17.7 Å². The largest absolute Gasteiger partial charge is 0.496 e. The van der Waals surface area contributed by atoms with Gasteiger partial charge in [-0.3, -0.25) is 0 Å². The molecular formula is C15H13F2NO2. The van der Waals surface area contributed by atoms with Gasteiger partial charge in [0.2, 0.25) is 0 Å². The lowest BCUT2D eigenvalue weighted by molar-refractivity contribution is 0.132. The van der Waals surface area contributed by atoms with Gasteiger partial charge < -0.3 is 9.57 Å². The molecule has 0 heterocycles. The SMILES string of the molecule is COc1ccccc1C=NOCc1ccc(F)c(F)c1. The predicted molar refractivity (Wildman–Crippen MR) is 71.7 cm³/mol. The van der Waals surface area contributed by atoms with Crippen molar-refractivity contribution in [3.8, 4) is 5.75 Å². The van der Waals surface area contributed by atoms with Crippen LogP contribution >= 0.6 is 0 Å². The van der Waals surface area contributed by atoms with Crippen molar-refractivity contribution in [2.24, 2.45) is 5.16 Å². The summed E-state index contributed by atoms with van der Waals surface area (Å²) in [5.74, 6) is -1.11. The molecule has 104 valence electrons. The lowest BCUT2D eigenvalue weighted by Gasteiger charge is -2.03. The Morgan fingerprint density at radius 3 is 2.65 bits per heavy atom. The molecule has 0 amide bonds. The number of oxime groups is 1. The van der Waals surface area contributed by atoms with Crippen molar-refractivity contribution in [2.75, 3.05) is 7.11 Å². The minimum atomic E-state index is -0.903. The first-order valence-electron chi connectivity index (χ1n) is 5.93. The quantitative estimate of drug-likeness (QED) is 0.618. The van der Waals surface area contributed by atoms with Crippen molar-refractivity contribution in [2.45, 2.75) is 6.61 Å². The van der Waals surface area contributed by atoms with Gasteiger partial charge in [0.25, 0.3) is 0 Å². The van der Waals surface area contributed by atoms with Crippen molar-refractivity contribution in [1.29, 1.82) is 0 Å². The molecule has 0 aliphatic heterocycles. The fourth-order valence-corrected chi connectivity index (χ4v) is 1.61. The van der Waals surface area contributed by atoms with Crippen molar-refractivity contribution in [3.63, 3.8) is 0 Å². The van der Waals surface area contributed by atoms with Crippen LogP contribution in [-0.4, -0.2) is 13.3 Å². The van der Waals surface area contributed by atoms with Crippen LogP contribution in [0.15, 0.2) is 47.6 Å². The maximum Gasteiger partial charge on any atom is 0.159 e. The van der Waals surface area contributed by atoms with E-state index in [-0.39, 0.29) is 6.61 Å². The molecule has 0 saturated heterocycles. The number of ether oxygens (including phenoxy) is 1. The summed E-state index contributed by atoms with van der Waals surface area (Å²) in [5.41, 5.74) is 1.27. The Kier molecular flexibility index (Phi) is 4.65. The van der Waals surface area contributed by atoms with Gasteiger partial charge in [-0.25, -0.2) is 8.78 Å². The molecule has 0 radical (unpaired) electrons. The lowest BCUT2D eigenvalue weighted by Crippen LogP contribution is -1.93. The average molecular weight is 277 g/mol. The summed E-state index contributed by atoms with van der Waals surface area (Å²) in [4.78, 5) is 5.04. The topological polar surface area (TPSA) is 30.8 Å². The van der Waals surface area contributed by atoms with Crippen LogP contribution in [0.2, 0.25) is 0 Å². The van der Waals surface area contributed by atoms with Gasteiger partial charge in [0, 0.05) is 5.56 Å². The van der Waals surface area contributed by atoms with E-state index < -0.39 is 11.6 Å². The molecule has 0 saturated carbocycles. The van der Waals surface area contributed by atoms with Gasteiger partial charge >= 0.3 is 0 Å². The molecule has 0 aliphatic rings. The molecule has 5 heteroatoms. The molecule has 2 aromatic carbocycles. The van der Waals surface area contributed by atoms with E-state index in [4.69, 9.17) is 9.57 Å². The third kappa shape index (κ3) is 3.54. The van der Waals surface area contributed by atoms with Gasteiger partial charge in [-0.2, -0.15) is 0 Å². The van der Waals surface area contributed by atoms with Crippen LogP contribution in [0.4, 0.5) is 8.78 Å². The van der Waals surface area contributed by atoms with Crippen molar-refractivity contribution >= 4 is 6.21 Å². The number of methoxy groups -OCH3 is 1. The normalized spacial score (nSPS) is 10.8. The molecule has 0 spiro atoms. The van der Waals surface area contributed by atoms with Crippen LogP contribution in [-0.2, 0) is 11.4 Å². The molecule has 2 rings (SSSR count). The fourth-order valence-electron chi connectivity index (χ4n) is 1.61. The summed E-state index contributed by atoms with van der Waals surface area (Å²) in [6.45, 7) is 0.0584. The zero-order valence-electron chi connectivity index (χ0n) is 10.8. The number of benzene rings is 2. The molecule has 0 N–H and O–H groups in total. The zero-order valence-corrected chi connectivity index (χ0v) is 10.8. The number of nitrogens with zero attached hydrogens (tertiary/aromatic N) is 1. The standard InChI is InChI=1S/C15H13F2NO2/c1-19-15-5-3-2-4-12(15)9-18-20-10-11-6-7-13(16)14(17)8-11/h2-9H,10H2,1H3. The Balaban J connectivity index is 1.95. The van der Waals surface area contributed by atoms with Gasteiger partial charge in [-0.1, -0.05) is 23.4 Å². The highest BCUT2D eigenvalue weighted by Gasteiger charge is 2.02. The summed E-state index contributed by atoms with van der Waals surface area (Å²) in [6.07, 6.45) is 1.50. The van der Waals surface area contributed by atoms with Crippen LogP contribution in [0.3, 0.4) is 0 Å². The van der Waals surface area contributed by atoms with E-state index in [9.17, 15) is 8.78 Å². The Labute approximate surface area is 115 Å². The molecule has 20 heavy (non-hydrogen) atoms. The Bertz CT molecular complexity index is 615. The van der Waals surface area contributed by atoms with E-state index in [1.54, 1.807) is 13.2 Å². The maximum absolute atomic E-state index is 13.0. The summed E-state index contributed by atoms with van der Waals surface area (Å²) in [7, 11) is 1.56. The second kappa shape index (κ2) is 6.65. The Morgan fingerprint density at radius 1 is 1.10 bits per heavy atom. The molecule has 2 aromatic rings. The van der Waals surface area contributed by atoms with Crippen molar-refractivity contribution < 1.29 is 18.4 Å². The predicted octanol–water partition coefficient (Wildman–Crippen LogP) is 3.52. The summed E-state index contributed by atoms with van der Waals surface area (Å²) in [5, 5.41) is 3.78.